The van der Waals surface area contributed by atoms with E-state index in [0.29, 0.717) is 17.8 Å². The summed E-state index contributed by atoms with van der Waals surface area (Å²) in [6.45, 7) is 5.10. The number of piperidine rings is 1. The van der Waals surface area contributed by atoms with Crippen LogP contribution in [-0.4, -0.2) is 51.7 Å². The average Bonchev–Trinajstić information content (AvgIpc) is 3.25. The number of hydrogen-bond donors (Lipinski definition) is 2. The van der Waals surface area contributed by atoms with Gasteiger partial charge in [0.1, 0.15) is 5.82 Å². The second kappa shape index (κ2) is 6.56. The van der Waals surface area contributed by atoms with Crippen LogP contribution in [0.2, 0.25) is 0 Å². The molecule has 6 heteroatoms. The van der Waals surface area contributed by atoms with Crippen molar-refractivity contribution in [1.29, 1.82) is 0 Å². The Morgan fingerprint density at radius 1 is 1.29 bits per heavy atom. The second-order valence-corrected chi connectivity index (χ2v) is 6.24. The van der Waals surface area contributed by atoms with Crippen molar-refractivity contribution < 1.29 is 4.79 Å². The van der Waals surface area contributed by atoms with Crippen molar-refractivity contribution in [1.82, 2.24) is 25.4 Å². The number of carbonyl (C=O) groups is 1. The molecule has 0 atom stereocenters. The Balaban J connectivity index is 1.65. The molecule has 1 saturated heterocycles. The van der Waals surface area contributed by atoms with Gasteiger partial charge in [-0.1, -0.05) is 6.92 Å². The van der Waals surface area contributed by atoms with Gasteiger partial charge in [-0.25, -0.2) is 4.98 Å². The van der Waals surface area contributed by atoms with E-state index in [1.165, 1.54) is 0 Å². The van der Waals surface area contributed by atoms with Gasteiger partial charge in [0, 0.05) is 19.0 Å². The van der Waals surface area contributed by atoms with Gasteiger partial charge >= 0.3 is 0 Å². The molecule has 1 aliphatic carbocycles. The van der Waals surface area contributed by atoms with Gasteiger partial charge < -0.3 is 10.2 Å². The minimum absolute atomic E-state index is 0.00892. The predicted octanol–water partition coefficient (Wildman–Crippen LogP) is 1.36. The number of rotatable bonds is 6. The Labute approximate surface area is 125 Å². The highest BCUT2D eigenvalue weighted by molar-refractivity contribution is 5.90. The monoisotopic (exact) mass is 291 g/mol. The molecule has 116 valence electrons. The molecular formula is C15H25N5O. The maximum atomic E-state index is 12.7. The van der Waals surface area contributed by atoms with Gasteiger partial charge in [0.2, 0.25) is 5.82 Å². The van der Waals surface area contributed by atoms with Crippen LogP contribution in [0.25, 0.3) is 0 Å². The first kappa shape index (κ1) is 14.5. The third-order valence-electron chi connectivity index (χ3n) is 4.37. The van der Waals surface area contributed by atoms with E-state index < -0.39 is 0 Å². The normalized spacial score (nSPS) is 19.7. The Kier molecular flexibility index (Phi) is 4.53. The summed E-state index contributed by atoms with van der Waals surface area (Å²) in [6, 6.07) is 0.417. The first-order valence-electron chi connectivity index (χ1n) is 8.21. The summed E-state index contributed by atoms with van der Waals surface area (Å²) >= 11 is 0. The molecule has 6 nitrogen and oxygen atoms in total. The van der Waals surface area contributed by atoms with E-state index in [9.17, 15) is 4.79 Å². The van der Waals surface area contributed by atoms with Gasteiger partial charge in [-0.3, -0.25) is 9.89 Å². The summed E-state index contributed by atoms with van der Waals surface area (Å²) < 4.78 is 0. The third kappa shape index (κ3) is 3.61. The lowest BCUT2D eigenvalue weighted by Gasteiger charge is -2.29. The lowest BCUT2D eigenvalue weighted by Crippen LogP contribution is -2.41. The zero-order chi connectivity index (χ0) is 14.7. The van der Waals surface area contributed by atoms with Crippen LogP contribution in [0.5, 0.6) is 0 Å². The molecule has 2 aliphatic rings. The van der Waals surface area contributed by atoms with Gasteiger partial charge in [-0.05, 0) is 51.1 Å². The van der Waals surface area contributed by atoms with Crippen LogP contribution in [0.1, 0.15) is 55.5 Å². The Hall–Kier alpha value is -1.43. The van der Waals surface area contributed by atoms with E-state index in [2.05, 4.69) is 27.4 Å². The van der Waals surface area contributed by atoms with Crippen LogP contribution in [0.4, 0.5) is 0 Å². The highest BCUT2D eigenvalue weighted by Gasteiger charge is 2.36. The van der Waals surface area contributed by atoms with Crippen molar-refractivity contribution in [3.05, 3.63) is 11.6 Å². The lowest BCUT2D eigenvalue weighted by molar-refractivity contribution is 0.0689. The van der Waals surface area contributed by atoms with Crippen molar-refractivity contribution in [2.24, 2.45) is 5.92 Å². The topological polar surface area (TPSA) is 73.9 Å². The molecule has 1 amide bonds. The van der Waals surface area contributed by atoms with Crippen molar-refractivity contribution >= 4 is 5.91 Å². The van der Waals surface area contributed by atoms with Crippen LogP contribution < -0.4 is 5.32 Å². The summed E-state index contributed by atoms with van der Waals surface area (Å²) in [7, 11) is 0. The van der Waals surface area contributed by atoms with E-state index in [1.807, 2.05) is 4.90 Å². The highest BCUT2D eigenvalue weighted by atomic mass is 16.2. The number of aromatic nitrogens is 3. The van der Waals surface area contributed by atoms with E-state index in [-0.39, 0.29) is 5.91 Å². The summed E-state index contributed by atoms with van der Waals surface area (Å²) in [5.74, 6) is 1.79. The summed E-state index contributed by atoms with van der Waals surface area (Å²) in [5.41, 5.74) is 0. The van der Waals surface area contributed by atoms with Crippen LogP contribution >= 0.6 is 0 Å². The van der Waals surface area contributed by atoms with Crippen molar-refractivity contribution in [3.63, 3.8) is 0 Å². The molecule has 21 heavy (non-hydrogen) atoms. The Morgan fingerprint density at radius 3 is 2.71 bits per heavy atom. The fourth-order valence-corrected chi connectivity index (χ4v) is 2.99. The molecule has 1 aromatic rings. The second-order valence-electron chi connectivity index (χ2n) is 6.24. The van der Waals surface area contributed by atoms with Crippen LogP contribution in [0.15, 0.2) is 0 Å². The number of hydrogen-bond acceptors (Lipinski definition) is 4. The van der Waals surface area contributed by atoms with Gasteiger partial charge in [-0.15, -0.1) is 5.10 Å². The molecule has 1 saturated carbocycles. The average molecular weight is 291 g/mol. The molecule has 2 fully saturated rings. The van der Waals surface area contributed by atoms with Crippen molar-refractivity contribution in [3.8, 4) is 0 Å². The molecule has 2 N–H and O–H groups in total. The number of nitrogens with one attached hydrogen (secondary N) is 2. The molecule has 2 heterocycles. The van der Waals surface area contributed by atoms with Crippen LogP contribution in [0.3, 0.4) is 0 Å². The number of aryl methyl sites for hydroxylation is 1. The summed E-state index contributed by atoms with van der Waals surface area (Å²) in [6.07, 6.45) is 6.42. The zero-order valence-corrected chi connectivity index (χ0v) is 12.8. The third-order valence-corrected chi connectivity index (χ3v) is 4.37. The van der Waals surface area contributed by atoms with Gasteiger partial charge in [0.05, 0.1) is 0 Å². The lowest BCUT2D eigenvalue weighted by atomic mass is 9.97. The largest absolute Gasteiger partial charge is 0.333 e. The Morgan fingerprint density at radius 2 is 2.05 bits per heavy atom. The minimum atomic E-state index is 0.00892. The van der Waals surface area contributed by atoms with Crippen LogP contribution in [-0.2, 0) is 6.42 Å². The molecular weight excluding hydrogens is 266 g/mol. The van der Waals surface area contributed by atoms with Gasteiger partial charge in [0.25, 0.3) is 5.91 Å². The first-order chi connectivity index (χ1) is 10.3. The standard InChI is InChI=1S/C15H25N5O/c1-2-3-13-17-14(19-18-13)15(21)20(12-4-5-12)10-11-6-8-16-9-7-11/h11-12,16H,2-10H2,1H3,(H,17,18,19). The van der Waals surface area contributed by atoms with E-state index in [4.69, 9.17) is 0 Å². The molecule has 0 aromatic carbocycles. The molecule has 1 aliphatic heterocycles. The number of aromatic amines is 1. The molecule has 1 aromatic heterocycles. The predicted molar refractivity (Wildman–Crippen MR) is 80.0 cm³/mol. The number of amides is 1. The SMILES string of the molecule is CCCc1nc(C(=O)N(CC2CCNCC2)C2CC2)n[nH]1. The van der Waals surface area contributed by atoms with E-state index in [1.54, 1.807) is 0 Å². The highest BCUT2D eigenvalue weighted by Crippen LogP contribution is 2.30. The molecule has 0 spiro atoms. The quantitative estimate of drug-likeness (QED) is 0.830. The van der Waals surface area contributed by atoms with Gasteiger partial charge in [0.15, 0.2) is 0 Å². The Bertz CT molecular complexity index is 476. The van der Waals surface area contributed by atoms with E-state index in [0.717, 1.165) is 64.0 Å². The summed E-state index contributed by atoms with van der Waals surface area (Å²) in [4.78, 5) is 19.1. The van der Waals surface area contributed by atoms with Crippen molar-refractivity contribution in [2.45, 2.75) is 51.5 Å². The fraction of sp³-hybridized carbons (Fsp3) is 0.800. The molecule has 0 bridgehead atoms. The number of H-pyrrole nitrogens is 1. The molecule has 0 unspecified atom stereocenters. The number of nitrogens with zero attached hydrogens (tertiary/aromatic N) is 3. The fourth-order valence-electron chi connectivity index (χ4n) is 2.99. The van der Waals surface area contributed by atoms with Crippen molar-refractivity contribution in [2.75, 3.05) is 19.6 Å². The number of carbonyl (C=O) groups excluding carboxylic acids is 1. The smallest absolute Gasteiger partial charge is 0.293 e. The van der Waals surface area contributed by atoms with Gasteiger partial charge in [-0.2, -0.15) is 0 Å². The van der Waals surface area contributed by atoms with E-state index >= 15 is 0 Å². The first-order valence-corrected chi connectivity index (χ1v) is 8.21. The van der Waals surface area contributed by atoms with Crippen LogP contribution in [0, 0.1) is 5.92 Å². The zero-order valence-electron chi connectivity index (χ0n) is 12.8. The maximum Gasteiger partial charge on any atom is 0.293 e. The molecule has 0 radical (unpaired) electrons. The summed E-state index contributed by atoms with van der Waals surface area (Å²) in [5, 5.41) is 10.4. The molecule has 3 rings (SSSR count). The minimum Gasteiger partial charge on any atom is -0.333 e. The maximum absolute atomic E-state index is 12.7.